The summed E-state index contributed by atoms with van der Waals surface area (Å²) in [6, 6.07) is 6.35. The van der Waals surface area contributed by atoms with E-state index in [1.54, 1.807) is 12.1 Å². The second kappa shape index (κ2) is 6.25. The molecule has 1 aliphatic carbocycles. The van der Waals surface area contributed by atoms with Gasteiger partial charge in [0.2, 0.25) is 0 Å². The van der Waals surface area contributed by atoms with Crippen LogP contribution in [0.3, 0.4) is 0 Å². The summed E-state index contributed by atoms with van der Waals surface area (Å²) < 4.78 is 12.5. The highest BCUT2D eigenvalue weighted by molar-refractivity contribution is 7.85. The Bertz CT molecular complexity index is 475. The highest BCUT2D eigenvalue weighted by Crippen LogP contribution is 2.28. The van der Waals surface area contributed by atoms with Gasteiger partial charge in [-0.05, 0) is 31.5 Å². The first-order valence-electron chi connectivity index (χ1n) is 6.52. The Morgan fingerprint density at radius 3 is 2.63 bits per heavy atom. The van der Waals surface area contributed by atoms with Crippen LogP contribution in [0.5, 0.6) is 0 Å². The molecule has 1 aromatic carbocycles. The Morgan fingerprint density at radius 1 is 1.37 bits per heavy atom. The molecular weight excluding hydrogens is 264 g/mol. The highest BCUT2D eigenvalue weighted by Gasteiger charge is 2.32. The molecule has 0 spiro atoms. The summed E-state index contributed by atoms with van der Waals surface area (Å²) in [4.78, 5) is 10.8. The predicted molar refractivity (Wildman–Crippen MR) is 74.6 cm³/mol. The van der Waals surface area contributed by atoms with E-state index in [1.165, 1.54) is 12.1 Å². The van der Waals surface area contributed by atoms with Gasteiger partial charge >= 0.3 is 0 Å². The molecule has 0 bridgehead atoms. The van der Waals surface area contributed by atoms with Crippen LogP contribution in [0.25, 0.3) is 0 Å². The van der Waals surface area contributed by atoms with Crippen molar-refractivity contribution in [3.05, 3.63) is 34.4 Å². The molecule has 3 atom stereocenters. The van der Waals surface area contributed by atoms with E-state index in [1.807, 2.05) is 6.92 Å². The number of hydrogen-bond acceptors (Lipinski definition) is 4. The van der Waals surface area contributed by atoms with Crippen LogP contribution in [0.4, 0.5) is 5.69 Å². The molecule has 1 N–H and O–H groups in total. The van der Waals surface area contributed by atoms with Crippen LogP contribution in [0.2, 0.25) is 0 Å². The lowest BCUT2D eigenvalue weighted by molar-refractivity contribution is -0.384. The molecule has 0 saturated heterocycles. The van der Waals surface area contributed by atoms with Gasteiger partial charge < -0.3 is 5.32 Å². The maximum atomic E-state index is 12.5. The lowest BCUT2D eigenvalue weighted by Gasteiger charge is -2.19. The second-order valence-electron chi connectivity index (χ2n) is 4.68. The van der Waals surface area contributed by atoms with Gasteiger partial charge in [-0.15, -0.1) is 0 Å². The number of non-ortho nitro benzene ring substituents is 1. The van der Waals surface area contributed by atoms with Gasteiger partial charge in [0.25, 0.3) is 5.69 Å². The third-order valence-corrected chi connectivity index (χ3v) is 5.32. The number of nitrogens with zero attached hydrogens (tertiary/aromatic N) is 1. The normalized spacial score (nSPS) is 24.3. The van der Waals surface area contributed by atoms with E-state index in [-0.39, 0.29) is 10.9 Å². The van der Waals surface area contributed by atoms with Crippen LogP contribution in [-0.4, -0.2) is 27.0 Å². The summed E-state index contributed by atoms with van der Waals surface area (Å²) in [5.74, 6) is 0. The lowest BCUT2D eigenvalue weighted by Crippen LogP contribution is -2.37. The SMILES string of the molecule is CCNC1CCCC1S(=O)c1ccc([N+](=O)[O-])cc1. The van der Waals surface area contributed by atoms with E-state index in [2.05, 4.69) is 5.32 Å². The summed E-state index contributed by atoms with van der Waals surface area (Å²) in [6.07, 6.45) is 3.08. The molecule has 5 nitrogen and oxygen atoms in total. The van der Waals surface area contributed by atoms with Crippen LogP contribution >= 0.6 is 0 Å². The molecule has 2 rings (SSSR count). The maximum Gasteiger partial charge on any atom is 0.269 e. The fourth-order valence-corrected chi connectivity index (χ4v) is 4.22. The van der Waals surface area contributed by atoms with E-state index in [9.17, 15) is 14.3 Å². The number of nitro groups is 1. The monoisotopic (exact) mass is 282 g/mol. The molecule has 0 aromatic heterocycles. The van der Waals surface area contributed by atoms with Gasteiger partial charge in [0.1, 0.15) is 0 Å². The van der Waals surface area contributed by atoms with Gasteiger partial charge in [-0.25, -0.2) is 0 Å². The van der Waals surface area contributed by atoms with Crippen molar-refractivity contribution in [2.75, 3.05) is 6.54 Å². The van der Waals surface area contributed by atoms with Crippen LogP contribution in [-0.2, 0) is 10.8 Å². The Morgan fingerprint density at radius 2 is 2.05 bits per heavy atom. The number of nitrogens with one attached hydrogen (secondary N) is 1. The van der Waals surface area contributed by atoms with E-state index in [4.69, 9.17) is 0 Å². The topological polar surface area (TPSA) is 72.2 Å². The Kier molecular flexibility index (Phi) is 4.66. The van der Waals surface area contributed by atoms with Gasteiger partial charge in [-0.3, -0.25) is 14.3 Å². The number of nitro benzene ring substituents is 1. The standard InChI is InChI=1S/C13H18N2O3S/c1-2-14-12-4-3-5-13(12)19(18)11-8-6-10(7-9-11)15(16)17/h6-9,12-14H,2-5H2,1H3. The van der Waals surface area contributed by atoms with Crippen LogP contribution in [0.1, 0.15) is 26.2 Å². The highest BCUT2D eigenvalue weighted by atomic mass is 32.2. The number of hydrogen-bond donors (Lipinski definition) is 1. The quantitative estimate of drug-likeness (QED) is 0.664. The lowest BCUT2D eigenvalue weighted by atomic mass is 10.2. The van der Waals surface area contributed by atoms with Gasteiger partial charge in [0, 0.05) is 23.1 Å². The summed E-state index contributed by atoms with van der Waals surface area (Å²) in [6.45, 7) is 2.92. The molecule has 1 aromatic rings. The average molecular weight is 282 g/mol. The van der Waals surface area contributed by atoms with Crippen molar-refractivity contribution >= 4 is 16.5 Å². The van der Waals surface area contributed by atoms with Crippen molar-refractivity contribution in [1.29, 1.82) is 0 Å². The zero-order valence-corrected chi connectivity index (χ0v) is 11.7. The summed E-state index contributed by atoms with van der Waals surface area (Å²) in [7, 11) is -1.10. The molecule has 1 fully saturated rings. The molecule has 3 unspecified atom stereocenters. The van der Waals surface area contributed by atoms with Crippen molar-refractivity contribution in [3.8, 4) is 0 Å². The number of benzene rings is 1. The third-order valence-electron chi connectivity index (χ3n) is 3.47. The molecule has 1 aliphatic rings. The molecular formula is C13H18N2O3S. The summed E-state index contributed by atoms with van der Waals surface area (Å²) >= 11 is 0. The fraction of sp³-hybridized carbons (Fsp3) is 0.538. The summed E-state index contributed by atoms with van der Waals surface area (Å²) in [5, 5.41) is 14.1. The van der Waals surface area contributed by atoms with Gasteiger partial charge in [-0.1, -0.05) is 13.3 Å². The fourth-order valence-electron chi connectivity index (χ4n) is 2.55. The zero-order chi connectivity index (χ0) is 13.8. The molecule has 0 radical (unpaired) electrons. The Balaban J connectivity index is 2.12. The van der Waals surface area contributed by atoms with Crippen LogP contribution in [0.15, 0.2) is 29.2 Å². The second-order valence-corrected chi connectivity index (χ2v) is 6.35. The molecule has 6 heteroatoms. The van der Waals surface area contributed by atoms with Crippen molar-refractivity contribution in [2.45, 2.75) is 42.4 Å². The molecule has 0 amide bonds. The Labute approximate surface area is 115 Å². The molecule has 0 heterocycles. The van der Waals surface area contributed by atoms with E-state index >= 15 is 0 Å². The van der Waals surface area contributed by atoms with Crippen molar-refractivity contribution in [1.82, 2.24) is 5.32 Å². The van der Waals surface area contributed by atoms with Crippen molar-refractivity contribution in [3.63, 3.8) is 0 Å². The van der Waals surface area contributed by atoms with Gasteiger partial charge in [0.05, 0.1) is 21.0 Å². The van der Waals surface area contributed by atoms with Gasteiger partial charge in [0.15, 0.2) is 0 Å². The summed E-state index contributed by atoms with van der Waals surface area (Å²) in [5.41, 5.74) is 0.0374. The average Bonchev–Trinajstić information content (AvgIpc) is 2.87. The van der Waals surface area contributed by atoms with Crippen molar-refractivity contribution < 1.29 is 9.13 Å². The Hall–Kier alpha value is -1.27. The number of rotatable bonds is 5. The molecule has 0 aliphatic heterocycles. The molecule has 104 valence electrons. The van der Waals surface area contributed by atoms with Crippen LogP contribution < -0.4 is 5.32 Å². The maximum absolute atomic E-state index is 12.5. The largest absolute Gasteiger partial charge is 0.313 e. The minimum absolute atomic E-state index is 0.0374. The van der Waals surface area contributed by atoms with E-state index in [0.29, 0.717) is 10.9 Å². The predicted octanol–water partition coefficient (Wildman–Crippen LogP) is 2.23. The van der Waals surface area contributed by atoms with Crippen molar-refractivity contribution in [2.24, 2.45) is 0 Å². The van der Waals surface area contributed by atoms with Gasteiger partial charge in [-0.2, -0.15) is 0 Å². The molecule has 1 saturated carbocycles. The first-order chi connectivity index (χ1) is 9.13. The smallest absolute Gasteiger partial charge is 0.269 e. The minimum Gasteiger partial charge on any atom is -0.313 e. The zero-order valence-electron chi connectivity index (χ0n) is 10.9. The first-order valence-corrected chi connectivity index (χ1v) is 7.73. The molecule has 19 heavy (non-hydrogen) atoms. The van der Waals surface area contributed by atoms with E-state index < -0.39 is 15.7 Å². The van der Waals surface area contributed by atoms with E-state index in [0.717, 1.165) is 25.8 Å². The van der Waals surface area contributed by atoms with Crippen LogP contribution in [0, 0.1) is 10.1 Å². The first kappa shape index (κ1) is 14.1. The third kappa shape index (κ3) is 3.19. The minimum atomic E-state index is -1.10.